The summed E-state index contributed by atoms with van der Waals surface area (Å²) in [5.74, 6) is -0.468. The van der Waals surface area contributed by atoms with Gasteiger partial charge in [0.25, 0.3) is 0 Å². The van der Waals surface area contributed by atoms with Crippen molar-refractivity contribution in [2.45, 2.75) is 25.9 Å². The molecule has 0 radical (unpaired) electrons. The number of halogens is 2. The van der Waals surface area contributed by atoms with Crippen molar-refractivity contribution >= 4 is 15.9 Å². The van der Waals surface area contributed by atoms with Gasteiger partial charge in [-0.15, -0.1) is 0 Å². The van der Waals surface area contributed by atoms with Gasteiger partial charge in [-0.05, 0) is 48.7 Å². The zero-order valence-electron chi connectivity index (χ0n) is 11.7. The van der Waals surface area contributed by atoms with Crippen LogP contribution in [-0.4, -0.2) is 6.04 Å². The molecule has 108 valence electrons. The van der Waals surface area contributed by atoms with Crippen LogP contribution in [0.5, 0.6) is 0 Å². The van der Waals surface area contributed by atoms with Crippen LogP contribution in [0.4, 0.5) is 4.39 Å². The number of nitrogens with one attached hydrogen (secondary N) is 1. The van der Waals surface area contributed by atoms with E-state index in [9.17, 15) is 4.39 Å². The molecule has 2 aromatic rings. The largest absolute Gasteiger partial charge is 0.310 e. The summed E-state index contributed by atoms with van der Waals surface area (Å²) < 4.78 is 14.3. The van der Waals surface area contributed by atoms with Crippen molar-refractivity contribution in [2.75, 3.05) is 0 Å². The van der Waals surface area contributed by atoms with Gasteiger partial charge in [0.15, 0.2) is 0 Å². The summed E-state index contributed by atoms with van der Waals surface area (Å²) in [6.45, 7) is 2.73. The van der Waals surface area contributed by atoms with Gasteiger partial charge in [-0.1, -0.05) is 34.1 Å². The second kappa shape index (κ2) is 7.35. The van der Waals surface area contributed by atoms with Crippen LogP contribution in [0.3, 0.4) is 0 Å². The third-order valence-electron chi connectivity index (χ3n) is 3.26. The number of rotatable bonds is 5. The van der Waals surface area contributed by atoms with Crippen LogP contribution in [-0.2, 0) is 13.0 Å². The lowest BCUT2D eigenvalue weighted by molar-refractivity contribution is 0.544. The number of hydrogen-bond acceptors (Lipinski definition) is 2. The molecule has 0 saturated heterocycles. The molecule has 0 heterocycles. The zero-order valence-corrected chi connectivity index (χ0v) is 13.3. The first-order valence-corrected chi connectivity index (χ1v) is 7.54. The smallest absolute Gasteiger partial charge is 0.140 e. The Hall–Kier alpha value is -1.70. The van der Waals surface area contributed by atoms with Crippen LogP contribution >= 0.6 is 15.9 Å². The molecule has 1 unspecified atom stereocenters. The van der Waals surface area contributed by atoms with E-state index in [0.717, 1.165) is 16.5 Å². The van der Waals surface area contributed by atoms with E-state index in [1.807, 2.05) is 18.2 Å². The van der Waals surface area contributed by atoms with Gasteiger partial charge in [-0.3, -0.25) is 0 Å². The van der Waals surface area contributed by atoms with E-state index in [2.05, 4.69) is 40.3 Å². The van der Waals surface area contributed by atoms with Crippen LogP contribution in [0.25, 0.3) is 0 Å². The molecule has 0 aliphatic carbocycles. The molecule has 0 saturated carbocycles. The Balaban J connectivity index is 1.90. The molecule has 0 aromatic heterocycles. The first-order chi connectivity index (χ1) is 10.1. The maximum absolute atomic E-state index is 13.2. The molecule has 21 heavy (non-hydrogen) atoms. The molecule has 2 aromatic carbocycles. The monoisotopic (exact) mass is 346 g/mol. The van der Waals surface area contributed by atoms with Gasteiger partial charge in [0.2, 0.25) is 0 Å². The van der Waals surface area contributed by atoms with Crippen LogP contribution in [0.1, 0.15) is 23.6 Å². The van der Waals surface area contributed by atoms with Crippen LogP contribution in [0.2, 0.25) is 0 Å². The predicted octanol–water partition coefficient (Wildman–Crippen LogP) is 4.18. The highest BCUT2D eigenvalue weighted by Crippen LogP contribution is 2.13. The van der Waals surface area contributed by atoms with E-state index >= 15 is 0 Å². The standard InChI is InChI=1S/C17H16BrFN2/c1-12(8-13-2-5-16(18)6-3-13)21-11-14-4-7-17(19)15(9-14)10-20/h2-7,9,12,21H,8,11H2,1H3. The van der Waals surface area contributed by atoms with Gasteiger partial charge in [-0.2, -0.15) is 5.26 Å². The summed E-state index contributed by atoms with van der Waals surface area (Å²) in [6, 6.07) is 15.0. The summed E-state index contributed by atoms with van der Waals surface area (Å²) >= 11 is 3.42. The molecule has 1 N–H and O–H groups in total. The Labute approximate surface area is 132 Å². The Morgan fingerprint density at radius 1 is 1.19 bits per heavy atom. The topological polar surface area (TPSA) is 35.8 Å². The summed E-state index contributed by atoms with van der Waals surface area (Å²) in [4.78, 5) is 0. The van der Waals surface area contributed by atoms with E-state index < -0.39 is 5.82 Å². The van der Waals surface area contributed by atoms with Crippen LogP contribution in [0, 0.1) is 17.1 Å². The quantitative estimate of drug-likeness (QED) is 0.881. The molecule has 2 rings (SSSR count). The van der Waals surface area contributed by atoms with Gasteiger partial charge >= 0.3 is 0 Å². The Morgan fingerprint density at radius 2 is 1.86 bits per heavy atom. The Bertz CT molecular complexity index is 647. The van der Waals surface area contributed by atoms with E-state index in [1.165, 1.54) is 11.6 Å². The average molecular weight is 347 g/mol. The summed E-state index contributed by atoms with van der Waals surface area (Å²) in [5.41, 5.74) is 2.26. The fourth-order valence-corrected chi connectivity index (χ4v) is 2.37. The summed E-state index contributed by atoms with van der Waals surface area (Å²) in [7, 11) is 0. The van der Waals surface area contributed by atoms with Crippen molar-refractivity contribution in [3.8, 4) is 6.07 Å². The van der Waals surface area contributed by atoms with Gasteiger partial charge in [0.05, 0.1) is 5.56 Å². The van der Waals surface area contributed by atoms with Crippen molar-refractivity contribution in [2.24, 2.45) is 0 Å². The first-order valence-electron chi connectivity index (χ1n) is 6.75. The lowest BCUT2D eigenvalue weighted by Crippen LogP contribution is -2.27. The molecule has 0 spiro atoms. The number of hydrogen-bond donors (Lipinski definition) is 1. The van der Waals surface area contributed by atoms with Crippen molar-refractivity contribution in [1.29, 1.82) is 5.26 Å². The van der Waals surface area contributed by atoms with Crippen molar-refractivity contribution < 1.29 is 4.39 Å². The summed E-state index contributed by atoms with van der Waals surface area (Å²) in [5, 5.41) is 12.2. The molecule has 0 aliphatic rings. The fraction of sp³-hybridized carbons (Fsp3) is 0.235. The molecule has 0 amide bonds. The lowest BCUT2D eigenvalue weighted by atomic mass is 10.1. The van der Waals surface area contributed by atoms with Gasteiger partial charge < -0.3 is 5.32 Å². The van der Waals surface area contributed by atoms with E-state index in [1.54, 1.807) is 12.1 Å². The van der Waals surface area contributed by atoms with Gasteiger partial charge in [0, 0.05) is 17.1 Å². The highest BCUT2D eigenvalue weighted by molar-refractivity contribution is 9.10. The second-order valence-electron chi connectivity index (χ2n) is 5.04. The molecule has 2 nitrogen and oxygen atoms in total. The molecular formula is C17H16BrFN2. The molecule has 4 heteroatoms. The average Bonchev–Trinajstić information content (AvgIpc) is 2.49. The minimum Gasteiger partial charge on any atom is -0.310 e. The molecule has 1 atom stereocenters. The van der Waals surface area contributed by atoms with Crippen molar-refractivity contribution in [1.82, 2.24) is 5.32 Å². The maximum atomic E-state index is 13.2. The molecule has 0 aliphatic heterocycles. The highest BCUT2D eigenvalue weighted by Gasteiger charge is 2.06. The summed E-state index contributed by atoms with van der Waals surface area (Å²) in [6.07, 6.45) is 0.916. The van der Waals surface area contributed by atoms with Crippen LogP contribution in [0.15, 0.2) is 46.9 Å². The lowest BCUT2D eigenvalue weighted by Gasteiger charge is -2.14. The van der Waals surface area contributed by atoms with Crippen molar-refractivity contribution in [3.63, 3.8) is 0 Å². The minimum atomic E-state index is -0.468. The Morgan fingerprint density at radius 3 is 2.52 bits per heavy atom. The van der Waals surface area contributed by atoms with E-state index in [-0.39, 0.29) is 5.56 Å². The fourth-order valence-electron chi connectivity index (χ4n) is 2.11. The predicted molar refractivity (Wildman–Crippen MR) is 85.3 cm³/mol. The molecule has 0 fully saturated rings. The third-order valence-corrected chi connectivity index (χ3v) is 3.79. The van der Waals surface area contributed by atoms with Gasteiger partial charge in [0.1, 0.15) is 11.9 Å². The zero-order chi connectivity index (χ0) is 15.2. The molecular weight excluding hydrogens is 331 g/mol. The number of nitrogens with zero attached hydrogens (tertiary/aromatic N) is 1. The maximum Gasteiger partial charge on any atom is 0.140 e. The minimum absolute atomic E-state index is 0.0925. The first kappa shape index (κ1) is 15.7. The molecule has 0 bridgehead atoms. The van der Waals surface area contributed by atoms with Gasteiger partial charge in [-0.25, -0.2) is 4.39 Å². The highest BCUT2D eigenvalue weighted by atomic mass is 79.9. The van der Waals surface area contributed by atoms with Crippen LogP contribution < -0.4 is 5.32 Å². The second-order valence-corrected chi connectivity index (χ2v) is 5.95. The van der Waals surface area contributed by atoms with E-state index in [4.69, 9.17) is 5.26 Å². The normalized spacial score (nSPS) is 11.9. The Kier molecular flexibility index (Phi) is 5.49. The number of nitriles is 1. The number of benzene rings is 2. The van der Waals surface area contributed by atoms with E-state index in [0.29, 0.717) is 12.6 Å². The van der Waals surface area contributed by atoms with Crippen molar-refractivity contribution in [3.05, 3.63) is 69.4 Å². The SMILES string of the molecule is CC(Cc1ccc(Br)cc1)NCc1ccc(F)c(C#N)c1. The third kappa shape index (κ3) is 4.66.